The van der Waals surface area contributed by atoms with Gasteiger partial charge in [0.2, 0.25) is 0 Å². The maximum absolute atomic E-state index is 5.84. The molecule has 2 N–H and O–H groups in total. The number of rotatable bonds is 4. The first-order valence-corrected chi connectivity index (χ1v) is 11.6. The van der Waals surface area contributed by atoms with Crippen LogP contribution in [0.25, 0.3) is 32.9 Å². The fourth-order valence-corrected chi connectivity index (χ4v) is 4.12. The Bertz CT molecular complexity index is 1470. The van der Waals surface area contributed by atoms with E-state index in [1.165, 1.54) is 33.0 Å². The second kappa shape index (κ2) is 9.80. The second-order valence-corrected chi connectivity index (χ2v) is 8.70. The number of hydrogen-bond acceptors (Lipinski definition) is 1. The van der Waals surface area contributed by atoms with Crippen LogP contribution in [0.2, 0.25) is 0 Å². The Labute approximate surface area is 201 Å². The van der Waals surface area contributed by atoms with Gasteiger partial charge in [-0.2, -0.15) is 0 Å². The number of aromatic nitrogens is 2. The average Bonchev–Trinajstić information content (AvgIpc) is 3.53. The Kier molecular flexibility index (Phi) is 6.27. The minimum Gasteiger partial charge on any atom is -0.489 e. The molecule has 6 rings (SSSR count). The molecule has 0 saturated heterocycles. The first-order chi connectivity index (χ1) is 16.2. The predicted octanol–water partition coefficient (Wildman–Crippen LogP) is 8.34. The monoisotopic (exact) mass is 494 g/mol. The molecule has 0 aliphatic heterocycles. The van der Waals surface area contributed by atoms with Crippen molar-refractivity contribution in [2.75, 3.05) is 0 Å². The van der Waals surface area contributed by atoms with Crippen molar-refractivity contribution in [1.29, 1.82) is 0 Å². The van der Waals surface area contributed by atoms with Crippen molar-refractivity contribution in [3.63, 3.8) is 0 Å². The van der Waals surface area contributed by atoms with Gasteiger partial charge >= 0.3 is 0 Å². The van der Waals surface area contributed by atoms with Gasteiger partial charge in [-0.25, -0.2) is 0 Å². The summed E-state index contributed by atoms with van der Waals surface area (Å²) in [7, 11) is 0. The zero-order chi connectivity index (χ0) is 22.5. The van der Waals surface area contributed by atoms with E-state index in [1.807, 2.05) is 48.8 Å². The quantitative estimate of drug-likeness (QED) is 0.254. The van der Waals surface area contributed by atoms with Crippen molar-refractivity contribution in [2.45, 2.75) is 6.61 Å². The fraction of sp³-hybridized carbons (Fsp3) is 0.0345. The first kappa shape index (κ1) is 21.1. The van der Waals surface area contributed by atoms with Crippen molar-refractivity contribution >= 4 is 37.7 Å². The van der Waals surface area contributed by atoms with Gasteiger partial charge in [-0.05, 0) is 76.7 Å². The number of halogens is 1. The van der Waals surface area contributed by atoms with Crippen LogP contribution in [0.15, 0.2) is 120 Å². The van der Waals surface area contributed by atoms with E-state index in [2.05, 4.69) is 92.6 Å². The van der Waals surface area contributed by atoms with E-state index < -0.39 is 0 Å². The lowest BCUT2D eigenvalue weighted by Gasteiger charge is -2.08. The molecule has 0 bridgehead atoms. The largest absolute Gasteiger partial charge is 0.489 e. The number of ether oxygens (including phenoxy) is 1. The highest BCUT2D eigenvalue weighted by molar-refractivity contribution is 9.10. The summed E-state index contributed by atoms with van der Waals surface area (Å²) in [6.45, 7) is 0.593. The average molecular weight is 495 g/mol. The van der Waals surface area contributed by atoms with Crippen molar-refractivity contribution in [2.24, 2.45) is 0 Å². The lowest BCUT2D eigenvalue weighted by molar-refractivity contribution is 0.306. The summed E-state index contributed by atoms with van der Waals surface area (Å²) in [6, 6.07) is 35.2. The Morgan fingerprint density at radius 3 is 1.97 bits per heavy atom. The zero-order valence-electron chi connectivity index (χ0n) is 18.0. The molecular formula is C29H23BrN2O. The Balaban J connectivity index is 0.000000190. The molecule has 0 radical (unpaired) electrons. The van der Waals surface area contributed by atoms with Crippen LogP contribution in [0.3, 0.4) is 0 Å². The van der Waals surface area contributed by atoms with Crippen molar-refractivity contribution in [3.8, 4) is 16.9 Å². The Morgan fingerprint density at radius 2 is 1.24 bits per heavy atom. The number of H-pyrrole nitrogens is 2. The van der Waals surface area contributed by atoms with Crippen LogP contribution >= 0.6 is 15.9 Å². The molecule has 2 heterocycles. The lowest BCUT2D eigenvalue weighted by Crippen LogP contribution is -1.94. The van der Waals surface area contributed by atoms with E-state index in [0.29, 0.717) is 6.61 Å². The molecule has 0 unspecified atom stereocenters. The number of aromatic amines is 2. The highest BCUT2D eigenvalue weighted by Crippen LogP contribution is 2.26. The van der Waals surface area contributed by atoms with Crippen LogP contribution in [-0.4, -0.2) is 9.97 Å². The molecule has 0 spiro atoms. The number of hydrogen-bond donors (Lipinski definition) is 2. The molecule has 0 amide bonds. The van der Waals surface area contributed by atoms with Gasteiger partial charge in [-0.15, -0.1) is 0 Å². The van der Waals surface area contributed by atoms with E-state index in [4.69, 9.17) is 4.74 Å². The molecule has 3 nitrogen and oxygen atoms in total. The summed E-state index contributed by atoms with van der Waals surface area (Å²) in [5, 5.41) is 2.47. The van der Waals surface area contributed by atoms with Crippen LogP contribution < -0.4 is 4.74 Å². The van der Waals surface area contributed by atoms with Crippen LogP contribution in [0, 0.1) is 0 Å². The first-order valence-electron chi connectivity index (χ1n) is 10.8. The summed E-state index contributed by atoms with van der Waals surface area (Å²) in [4.78, 5) is 6.35. The van der Waals surface area contributed by atoms with Gasteiger partial charge in [0.15, 0.2) is 0 Å². The summed E-state index contributed by atoms with van der Waals surface area (Å²) >= 11 is 3.40. The summed E-state index contributed by atoms with van der Waals surface area (Å²) in [6.07, 6.45) is 3.91. The van der Waals surface area contributed by atoms with Crippen LogP contribution in [-0.2, 0) is 6.61 Å². The zero-order valence-corrected chi connectivity index (χ0v) is 19.5. The highest BCUT2D eigenvalue weighted by Gasteiger charge is 2.02. The highest BCUT2D eigenvalue weighted by atomic mass is 79.9. The molecule has 0 atom stereocenters. The molecular weight excluding hydrogens is 472 g/mol. The van der Waals surface area contributed by atoms with E-state index in [9.17, 15) is 0 Å². The van der Waals surface area contributed by atoms with E-state index in [-0.39, 0.29) is 0 Å². The van der Waals surface area contributed by atoms with Crippen molar-refractivity contribution in [1.82, 2.24) is 9.97 Å². The number of benzene rings is 4. The predicted molar refractivity (Wildman–Crippen MR) is 141 cm³/mol. The van der Waals surface area contributed by atoms with Crippen molar-refractivity contribution in [3.05, 3.63) is 126 Å². The molecule has 162 valence electrons. The molecule has 0 aliphatic rings. The minimum absolute atomic E-state index is 0.593. The maximum Gasteiger partial charge on any atom is 0.119 e. The standard InChI is InChI=1S/C21H17NO.C8H6BrN/c1-2-4-16(5-3-1)15-23-20-9-6-17(7-10-20)18-8-11-21-19(14-18)12-13-22-21;9-7-1-2-8-6(5-7)3-4-10-8/h1-14,22H,15H2;1-5,10H. The molecule has 6 aromatic rings. The second-order valence-electron chi connectivity index (χ2n) is 7.79. The molecule has 0 aliphatic carbocycles. The SMILES string of the molecule is Brc1ccc2[nH]ccc2c1.c1ccc(COc2ccc(-c3ccc4[nH]ccc4c3)cc2)cc1. The van der Waals surface area contributed by atoms with Gasteiger partial charge in [0.25, 0.3) is 0 Å². The topological polar surface area (TPSA) is 40.8 Å². The van der Waals surface area contributed by atoms with E-state index in [0.717, 1.165) is 15.7 Å². The van der Waals surface area contributed by atoms with Gasteiger partial charge in [0.1, 0.15) is 12.4 Å². The number of nitrogens with one attached hydrogen (secondary N) is 2. The summed E-state index contributed by atoms with van der Waals surface area (Å²) < 4.78 is 6.96. The summed E-state index contributed by atoms with van der Waals surface area (Å²) in [5.41, 5.74) is 5.93. The fourth-order valence-electron chi connectivity index (χ4n) is 3.74. The van der Waals surface area contributed by atoms with Gasteiger partial charge < -0.3 is 14.7 Å². The molecule has 2 aromatic heterocycles. The Hall–Kier alpha value is -3.76. The van der Waals surface area contributed by atoms with Gasteiger partial charge in [-0.1, -0.05) is 64.5 Å². The number of fused-ring (bicyclic) bond motifs is 2. The molecule has 4 aromatic carbocycles. The van der Waals surface area contributed by atoms with E-state index >= 15 is 0 Å². The third kappa shape index (κ3) is 5.18. The molecule has 0 saturated carbocycles. The molecule has 33 heavy (non-hydrogen) atoms. The van der Waals surface area contributed by atoms with Crippen molar-refractivity contribution < 1.29 is 4.74 Å². The lowest BCUT2D eigenvalue weighted by atomic mass is 10.0. The van der Waals surface area contributed by atoms with Crippen LogP contribution in [0.1, 0.15) is 5.56 Å². The Morgan fingerprint density at radius 1 is 0.606 bits per heavy atom. The smallest absolute Gasteiger partial charge is 0.119 e. The van der Waals surface area contributed by atoms with Gasteiger partial charge in [0.05, 0.1) is 0 Å². The molecule has 0 fully saturated rings. The molecule has 4 heteroatoms. The summed E-state index contributed by atoms with van der Waals surface area (Å²) in [5.74, 6) is 0.889. The third-order valence-electron chi connectivity index (χ3n) is 5.50. The van der Waals surface area contributed by atoms with E-state index in [1.54, 1.807) is 0 Å². The third-order valence-corrected chi connectivity index (χ3v) is 6.00. The minimum atomic E-state index is 0.593. The van der Waals surface area contributed by atoms with Gasteiger partial charge in [-0.3, -0.25) is 0 Å². The van der Waals surface area contributed by atoms with Crippen LogP contribution in [0.4, 0.5) is 0 Å². The normalized spacial score (nSPS) is 10.7. The van der Waals surface area contributed by atoms with Gasteiger partial charge in [0, 0.05) is 33.3 Å². The maximum atomic E-state index is 5.84. The van der Waals surface area contributed by atoms with Crippen LogP contribution in [0.5, 0.6) is 5.75 Å².